The van der Waals surface area contributed by atoms with E-state index in [1.165, 1.54) is 0 Å². The van der Waals surface area contributed by atoms with E-state index in [-0.39, 0.29) is 5.97 Å². The van der Waals surface area contributed by atoms with Crippen LogP contribution < -0.4 is 4.74 Å². The molecule has 0 bridgehead atoms. The SMILES string of the molecule is C=CC(C)(C)C(=O)Oc1ccccc1. The highest BCUT2D eigenvalue weighted by atomic mass is 16.5. The van der Waals surface area contributed by atoms with Crippen molar-refractivity contribution in [2.24, 2.45) is 5.41 Å². The topological polar surface area (TPSA) is 26.3 Å². The summed E-state index contributed by atoms with van der Waals surface area (Å²) in [6, 6.07) is 9.01. The molecule has 0 N–H and O–H groups in total. The number of hydrogen-bond donors (Lipinski definition) is 0. The van der Waals surface area contributed by atoms with Gasteiger partial charge in [-0.25, -0.2) is 0 Å². The van der Waals surface area contributed by atoms with Gasteiger partial charge in [-0.1, -0.05) is 24.3 Å². The van der Waals surface area contributed by atoms with E-state index in [0.29, 0.717) is 5.75 Å². The monoisotopic (exact) mass is 190 g/mol. The van der Waals surface area contributed by atoms with E-state index in [1.54, 1.807) is 32.1 Å². The van der Waals surface area contributed by atoms with Crippen LogP contribution in [0.25, 0.3) is 0 Å². The van der Waals surface area contributed by atoms with E-state index < -0.39 is 5.41 Å². The molecule has 14 heavy (non-hydrogen) atoms. The quantitative estimate of drug-likeness (QED) is 0.416. The fourth-order valence-electron chi connectivity index (χ4n) is 0.810. The number of para-hydroxylation sites is 1. The fourth-order valence-corrected chi connectivity index (χ4v) is 0.810. The molecule has 0 aliphatic rings. The maximum Gasteiger partial charge on any atom is 0.320 e. The number of ether oxygens (including phenoxy) is 1. The summed E-state index contributed by atoms with van der Waals surface area (Å²) >= 11 is 0. The third kappa shape index (κ3) is 2.46. The van der Waals surface area contributed by atoms with Gasteiger partial charge in [0.05, 0.1) is 5.41 Å². The number of rotatable bonds is 3. The molecule has 2 nitrogen and oxygen atoms in total. The van der Waals surface area contributed by atoms with E-state index >= 15 is 0 Å². The Balaban J connectivity index is 2.72. The highest BCUT2D eigenvalue weighted by Crippen LogP contribution is 2.20. The second-order valence-corrected chi connectivity index (χ2v) is 3.63. The lowest BCUT2D eigenvalue weighted by atomic mass is 9.94. The van der Waals surface area contributed by atoms with Crippen molar-refractivity contribution >= 4 is 5.97 Å². The Morgan fingerprint density at radius 1 is 1.36 bits per heavy atom. The summed E-state index contributed by atoms with van der Waals surface area (Å²) in [4.78, 5) is 11.6. The molecule has 0 radical (unpaired) electrons. The van der Waals surface area contributed by atoms with Gasteiger partial charge in [0.25, 0.3) is 0 Å². The van der Waals surface area contributed by atoms with Crippen LogP contribution >= 0.6 is 0 Å². The van der Waals surface area contributed by atoms with Gasteiger partial charge in [-0.05, 0) is 26.0 Å². The summed E-state index contributed by atoms with van der Waals surface area (Å²) in [5.74, 6) is 0.270. The molecule has 1 aromatic carbocycles. The Morgan fingerprint density at radius 3 is 2.43 bits per heavy atom. The molecular formula is C12H14O2. The number of esters is 1. The van der Waals surface area contributed by atoms with Gasteiger partial charge in [0.2, 0.25) is 0 Å². The molecular weight excluding hydrogens is 176 g/mol. The van der Waals surface area contributed by atoms with E-state index in [1.807, 2.05) is 18.2 Å². The van der Waals surface area contributed by atoms with Crippen molar-refractivity contribution in [3.8, 4) is 5.75 Å². The molecule has 0 amide bonds. The molecule has 0 atom stereocenters. The molecule has 0 aliphatic heterocycles. The van der Waals surface area contributed by atoms with Crippen molar-refractivity contribution in [2.45, 2.75) is 13.8 Å². The van der Waals surface area contributed by atoms with E-state index in [4.69, 9.17) is 4.74 Å². The Morgan fingerprint density at radius 2 is 1.93 bits per heavy atom. The van der Waals surface area contributed by atoms with Crippen LogP contribution in [0.2, 0.25) is 0 Å². The Labute approximate surface area is 84.2 Å². The minimum Gasteiger partial charge on any atom is -0.426 e. The molecule has 1 aromatic rings. The van der Waals surface area contributed by atoms with Gasteiger partial charge in [0.1, 0.15) is 5.75 Å². The lowest BCUT2D eigenvalue weighted by Crippen LogP contribution is -2.26. The van der Waals surface area contributed by atoms with Crippen LogP contribution in [0.1, 0.15) is 13.8 Å². The zero-order valence-corrected chi connectivity index (χ0v) is 8.49. The molecule has 2 heteroatoms. The van der Waals surface area contributed by atoms with Crippen LogP contribution in [0.3, 0.4) is 0 Å². The standard InChI is InChI=1S/C12H14O2/c1-4-12(2,3)11(13)14-10-8-6-5-7-9-10/h4-9H,1H2,2-3H3. The molecule has 0 aliphatic carbocycles. The summed E-state index contributed by atoms with van der Waals surface area (Å²) in [5, 5.41) is 0. The first kappa shape index (κ1) is 10.5. The molecule has 1 rings (SSSR count). The van der Waals surface area contributed by atoms with Gasteiger partial charge in [0.15, 0.2) is 0 Å². The predicted octanol–water partition coefficient (Wildman–Crippen LogP) is 2.80. The summed E-state index contributed by atoms with van der Waals surface area (Å²) in [6.45, 7) is 7.13. The maximum absolute atomic E-state index is 11.6. The van der Waals surface area contributed by atoms with Crippen LogP contribution in [0, 0.1) is 5.41 Å². The molecule has 0 aromatic heterocycles. The number of carbonyl (C=O) groups is 1. The summed E-state index contributed by atoms with van der Waals surface area (Å²) < 4.78 is 5.16. The second-order valence-electron chi connectivity index (χ2n) is 3.63. The van der Waals surface area contributed by atoms with Gasteiger partial charge in [-0.15, -0.1) is 6.58 Å². The van der Waals surface area contributed by atoms with Gasteiger partial charge >= 0.3 is 5.97 Å². The predicted molar refractivity (Wildman–Crippen MR) is 56.1 cm³/mol. The number of hydrogen-bond acceptors (Lipinski definition) is 2. The van der Waals surface area contributed by atoms with Crippen molar-refractivity contribution in [2.75, 3.05) is 0 Å². The molecule has 0 spiro atoms. The van der Waals surface area contributed by atoms with Crippen molar-refractivity contribution in [3.63, 3.8) is 0 Å². The lowest BCUT2D eigenvalue weighted by Gasteiger charge is -2.17. The third-order valence-electron chi connectivity index (χ3n) is 1.99. The minimum absolute atomic E-state index is 0.293. The van der Waals surface area contributed by atoms with E-state index in [2.05, 4.69) is 6.58 Å². The molecule has 0 heterocycles. The van der Waals surface area contributed by atoms with Gasteiger partial charge in [-0.3, -0.25) is 4.79 Å². The first-order valence-corrected chi connectivity index (χ1v) is 4.47. The van der Waals surface area contributed by atoms with Crippen molar-refractivity contribution in [1.29, 1.82) is 0 Å². The van der Waals surface area contributed by atoms with Crippen molar-refractivity contribution < 1.29 is 9.53 Å². The zero-order chi connectivity index (χ0) is 10.6. The number of carbonyl (C=O) groups excluding carboxylic acids is 1. The molecule has 0 fully saturated rings. The summed E-state index contributed by atoms with van der Waals surface area (Å²) in [6.07, 6.45) is 1.58. The first-order valence-electron chi connectivity index (χ1n) is 4.47. The van der Waals surface area contributed by atoms with Crippen LogP contribution in [-0.2, 0) is 4.79 Å². The van der Waals surface area contributed by atoms with Crippen LogP contribution in [0.5, 0.6) is 5.75 Å². The van der Waals surface area contributed by atoms with Crippen molar-refractivity contribution in [1.82, 2.24) is 0 Å². The Bertz CT molecular complexity index is 325. The Hall–Kier alpha value is -1.57. The van der Waals surface area contributed by atoms with Crippen LogP contribution in [0.15, 0.2) is 43.0 Å². The fraction of sp³-hybridized carbons (Fsp3) is 0.250. The van der Waals surface area contributed by atoms with Gasteiger partial charge in [0, 0.05) is 0 Å². The average Bonchev–Trinajstić information content (AvgIpc) is 2.19. The molecule has 0 saturated carbocycles. The molecule has 0 unspecified atom stereocenters. The molecule has 0 saturated heterocycles. The van der Waals surface area contributed by atoms with Crippen LogP contribution in [0.4, 0.5) is 0 Å². The number of benzene rings is 1. The van der Waals surface area contributed by atoms with Gasteiger partial charge in [-0.2, -0.15) is 0 Å². The average molecular weight is 190 g/mol. The largest absolute Gasteiger partial charge is 0.426 e. The van der Waals surface area contributed by atoms with Gasteiger partial charge < -0.3 is 4.74 Å². The smallest absolute Gasteiger partial charge is 0.320 e. The summed E-state index contributed by atoms with van der Waals surface area (Å²) in [7, 11) is 0. The van der Waals surface area contributed by atoms with Crippen LogP contribution in [-0.4, -0.2) is 5.97 Å². The zero-order valence-electron chi connectivity index (χ0n) is 8.49. The maximum atomic E-state index is 11.6. The normalized spacial score (nSPS) is 10.7. The Kier molecular flexibility index (Phi) is 3.07. The van der Waals surface area contributed by atoms with E-state index in [9.17, 15) is 4.79 Å². The highest BCUT2D eigenvalue weighted by Gasteiger charge is 2.25. The minimum atomic E-state index is -0.643. The van der Waals surface area contributed by atoms with E-state index in [0.717, 1.165) is 0 Å². The lowest BCUT2D eigenvalue weighted by molar-refractivity contribution is -0.141. The van der Waals surface area contributed by atoms with Crippen molar-refractivity contribution in [3.05, 3.63) is 43.0 Å². The summed E-state index contributed by atoms with van der Waals surface area (Å²) in [5.41, 5.74) is -0.643. The second kappa shape index (κ2) is 4.09. The molecule has 74 valence electrons. The third-order valence-corrected chi connectivity index (χ3v) is 1.99. The first-order chi connectivity index (χ1) is 6.56. The highest BCUT2D eigenvalue weighted by molar-refractivity contribution is 5.80.